The van der Waals surface area contributed by atoms with Gasteiger partial charge in [0, 0.05) is 62.0 Å². The number of carboxylic acid groups (broad SMARTS) is 2. The fraction of sp³-hybridized carbons (Fsp3) is 0.439. The molecule has 0 spiro atoms. The van der Waals surface area contributed by atoms with Crippen molar-refractivity contribution in [3.63, 3.8) is 0 Å². The molecule has 0 aliphatic carbocycles. The number of likely N-dealkylation sites (tertiary alicyclic amines) is 1. The van der Waals surface area contributed by atoms with Crippen LogP contribution in [0.3, 0.4) is 0 Å². The first-order valence-electron chi connectivity index (χ1n) is 27.7. The van der Waals surface area contributed by atoms with Crippen molar-refractivity contribution in [2.75, 3.05) is 13.1 Å². The molecule has 28 nitrogen and oxygen atoms in total. The maximum atomic E-state index is 14.6. The molecule has 0 bridgehead atoms. The molecule has 0 unspecified atom stereocenters. The molecule has 1 saturated heterocycles. The van der Waals surface area contributed by atoms with E-state index >= 15 is 0 Å². The number of aliphatic carboxylic acids is 2. The standard InChI is InChI=1S/C50H71N13O12.C7H5N3/c1-5-28(4)41(47(72)59-36(23-31-25-54-26-56-31)48(73)63-20-10-14-38(63)45(70)60-37(49(74)75)22-29-11-7-6-8-12-29)62-44(69)35(21-30-15-17-32(64)18-16-30)58-46(71)40(27(2)3)61-43(68)34(13-9-19-55-50(52)53)57-42(67)33(51)24-39(65)66;1-2-6-4-8-5-10-7(6)9-3-1/h6-8,11-12,15-18,25-28,33-38,40-41,64H,5,9-10,13-14,19-24,51H2,1-4H3,(H,54,56)(H,57,67)(H,58,71)(H,59,72)(H,60,70)(H,61,68)(H,62,69)(H,65,66)(H,74,75)(H4,52,53,55);1-5H/t28-,33-,34-,35-,36-,37-,38-,40-,41-;/m0./s1. The van der Waals surface area contributed by atoms with Gasteiger partial charge >= 0.3 is 11.9 Å². The monoisotopic (exact) mass is 1180 g/mol. The number of aromatic hydroxyl groups is 1. The lowest BCUT2D eigenvalue weighted by atomic mass is 9.96. The fourth-order valence-electron chi connectivity index (χ4n) is 9.13. The predicted molar refractivity (Wildman–Crippen MR) is 310 cm³/mol. The van der Waals surface area contributed by atoms with Crippen LogP contribution in [0.5, 0.6) is 5.75 Å². The Morgan fingerprint density at radius 2 is 1.36 bits per heavy atom. The summed E-state index contributed by atoms with van der Waals surface area (Å²) in [6.07, 6.45) is 7.88. The number of aromatic nitrogens is 5. The van der Waals surface area contributed by atoms with Crippen LogP contribution in [0, 0.1) is 11.8 Å². The van der Waals surface area contributed by atoms with E-state index in [9.17, 15) is 58.5 Å². The summed E-state index contributed by atoms with van der Waals surface area (Å²) in [5.41, 5.74) is 19.0. The summed E-state index contributed by atoms with van der Waals surface area (Å²) in [6, 6.07) is 7.75. The number of guanidine groups is 1. The molecule has 0 radical (unpaired) electrons. The molecule has 3 aromatic heterocycles. The molecular weight excluding hydrogens is 1100 g/mol. The Hall–Kier alpha value is -9.60. The van der Waals surface area contributed by atoms with E-state index in [-0.39, 0.29) is 63.3 Å². The summed E-state index contributed by atoms with van der Waals surface area (Å²) in [7, 11) is 0. The molecule has 7 amide bonds. The molecule has 4 heterocycles. The van der Waals surface area contributed by atoms with E-state index in [2.05, 4.69) is 61.8 Å². The van der Waals surface area contributed by atoms with Crippen molar-refractivity contribution >= 4 is 70.3 Å². The zero-order chi connectivity index (χ0) is 62.2. The van der Waals surface area contributed by atoms with Crippen molar-refractivity contribution in [3.8, 4) is 5.75 Å². The summed E-state index contributed by atoms with van der Waals surface area (Å²) in [5.74, 6) is -9.64. The maximum Gasteiger partial charge on any atom is 0.326 e. The van der Waals surface area contributed by atoms with Crippen molar-refractivity contribution < 1.29 is 58.5 Å². The molecule has 1 fully saturated rings. The minimum absolute atomic E-state index is 0.00211. The van der Waals surface area contributed by atoms with E-state index in [0.29, 0.717) is 29.7 Å². The van der Waals surface area contributed by atoms with Crippen LogP contribution in [0.4, 0.5) is 0 Å². The van der Waals surface area contributed by atoms with E-state index < -0.39 is 120 Å². The first-order chi connectivity index (χ1) is 40.5. The second-order valence-corrected chi connectivity index (χ2v) is 20.8. The Morgan fingerprint density at radius 1 is 0.718 bits per heavy atom. The van der Waals surface area contributed by atoms with Gasteiger partial charge < -0.3 is 74.3 Å². The summed E-state index contributed by atoms with van der Waals surface area (Å²) in [6.45, 7) is 6.90. The number of amides is 7. The normalized spacial score (nSPS) is 15.6. The van der Waals surface area contributed by atoms with E-state index in [0.717, 1.165) is 11.0 Å². The van der Waals surface area contributed by atoms with Gasteiger partial charge in [0.1, 0.15) is 54.4 Å². The molecule has 1 aliphatic rings. The zero-order valence-electron chi connectivity index (χ0n) is 47.7. The molecule has 456 valence electrons. The number of aromatic amines is 1. The number of imidazole rings is 1. The van der Waals surface area contributed by atoms with Crippen LogP contribution in [-0.2, 0) is 62.4 Å². The maximum absolute atomic E-state index is 14.6. The molecule has 85 heavy (non-hydrogen) atoms. The van der Waals surface area contributed by atoms with Gasteiger partial charge in [-0.15, -0.1) is 0 Å². The fourth-order valence-corrected chi connectivity index (χ4v) is 9.13. The molecule has 16 N–H and O–H groups in total. The van der Waals surface area contributed by atoms with E-state index in [1.807, 2.05) is 12.1 Å². The third-order valence-electron chi connectivity index (χ3n) is 14.0. The van der Waals surface area contributed by atoms with Crippen molar-refractivity contribution in [1.82, 2.24) is 61.7 Å². The third-order valence-corrected chi connectivity index (χ3v) is 14.0. The number of nitrogens with one attached hydrogen (secondary N) is 7. The number of pyridine rings is 1. The predicted octanol–water partition coefficient (Wildman–Crippen LogP) is -0.290. The number of nitrogens with two attached hydrogens (primary N) is 3. The SMILES string of the molecule is CC[C@H](C)[C@H](NC(=O)[C@H](Cc1ccc(O)cc1)NC(=O)[C@@H](NC(=O)[C@H](CCCN=C(N)N)NC(=O)[C@@H](N)CC(=O)O)C(C)C)C(=O)N[C@@H](Cc1cnc[nH]1)C(=O)N1CCC[C@H]1C(=O)N[C@@H](Cc1ccccc1)C(=O)O.c1cnc2ncncc2c1. The quantitative estimate of drug-likeness (QED) is 0.0166. The average Bonchev–Trinajstić information content (AvgIpc) is 4.07. The number of carbonyl (C=O) groups excluding carboxylic acids is 7. The molecule has 5 aromatic rings. The lowest BCUT2D eigenvalue weighted by molar-refractivity contribution is -0.145. The Labute approximate surface area is 490 Å². The highest BCUT2D eigenvalue weighted by molar-refractivity contribution is 5.98. The highest BCUT2D eigenvalue weighted by atomic mass is 16.4. The third kappa shape index (κ3) is 21.0. The largest absolute Gasteiger partial charge is 0.508 e. The molecule has 1 aliphatic heterocycles. The van der Waals surface area contributed by atoms with Crippen molar-refractivity contribution in [3.05, 3.63) is 115 Å². The zero-order valence-corrected chi connectivity index (χ0v) is 47.7. The van der Waals surface area contributed by atoms with Crippen LogP contribution >= 0.6 is 0 Å². The molecule has 6 rings (SSSR count). The Bertz CT molecular complexity index is 3010. The smallest absolute Gasteiger partial charge is 0.326 e. The molecule has 9 atom stereocenters. The molecule has 0 saturated carbocycles. The lowest BCUT2D eigenvalue weighted by Crippen LogP contribution is -2.62. The number of benzene rings is 2. The van der Waals surface area contributed by atoms with Crippen molar-refractivity contribution in [2.24, 2.45) is 34.0 Å². The minimum atomic E-state index is -1.51. The minimum Gasteiger partial charge on any atom is -0.508 e. The second kappa shape index (κ2) is 32.9. The van der Waals surface area contributed by atoms with Crippen LogP contribution in [0.15, 0.2) is 103 Å². The van der Waals surface area contributed by atoms with E-state index in [1.165, 1.54) is 48.0 Å². The number of carboxylic acids is 2. The molecule has 2 aromatic carbocycles. The van der Waals surface area contributed by atoms with E-state index in [4.69, 9.17) is 17.2 Å². The summed E-state index contributed by atoms with van der Waals surface area (Å²) in [5, 5.41) is 46.1. The summed E-state index contributed by atoms with van der Waals surface area (Å²) in [4.78, 5) is 146. The molecule has 28 heteroatoms. The van der Waals surface area contributed by atoms with Gasteiger partial charge in [-0.25, -0.2) is 24.7 Å². The van der Waals surface area contributed by atoms with Crippen LogP contribution in [-0.4, -0.2) is 166 Å². The van der Waals surface area contributed by atoms with Gasteiger partial charge in [-0.1, -0.05) is 76.6 Å². The van der Waals surface area contributed by atoms with E-state index in [1.54, 1.807) is 70.4 Å². The second-order valence-electron chi connectivity index (χ2n) is 20.8. The highest BCUT2D eigenvalue weighted by Crippen LogP contribution is 2.22. The van der Waals surface area contributed by atoms with Crippen molar-refractivity contribution in [1.29, 1.82) is 0 Å². The number of fused-ring (bicyclic) bond motifs is 1. The van der Waals surface area contributed by atoms with Crippen LogP contribution in [0.1, 0.15) is 83.0 Å². The van der Waals surface area contributed by atoms with Gasteiger partial charge in [-0.05, 0) is 72.9 Å². The molecular formula is C57H76N16O12. The number of phenolic OH excluding ortho intramolecular Hbond substituents is 1. The number of aliphatic imine (C=N–C) groups is 1. The first-order valence-corrected chi connectivity index (χ1v) is 27.7. The Morgan fingerprint density at radius 3 is 2.00 bits per heavy atom. The van der Waals surface area contributed by atoms with Gasteiger partial charge in [-0.2, -0.15) is 0 Å². The number of hydrogen-bond donors (Lipinski definition) is 13. The number of H-pyrrole nitrogens is 1. The van der Waals surface area contributed by atoms with Gasteiger partial charge in [0.2, 0.25) is 41.4 Å². The van der Waals surface area contributed by atoms with Crippen molar-refractivity contribution in [2.45, 2.75) is 134 Å². The number of hydrogen-bond acceptors (Lipinski definition) is 16. The van der Waals surface area contributed by atoms with Crippen LogP contribution in [0.2, 0.25) is 0 Å². The highest BCUT2D eigenvalue weighted by Gasteiger charge is 2.41. The lowest BCUT2D eigenvalue weighted by Gasteiger charge is -2.32. The topological polar surface area (TPSA) is 448 Å². The van der Waals surface area contributed by atoms with Crippen LogP contribution in [0.25, 0.3) is 11.0 Å². The van der Waals surface area contributed by atoms with Gasteiger partial charge in [0.15, 0.2) is 11.6 Å². The average molecular weight is 1180 g/mol. The van der Waals surface area contributed by atoms with Gasteiger partial charge in [-0.3, -0.25) is 43.3 Å². The van der Waals surface area contributed by atoms with Crippen LogP contribution < -0.4 is 49.1 Å². The number of phenols is 1. The first kappa shape index (κ1) is 66.2. The summed E-state index contributed by atoms with van der Waals surface area (Å²) < 4.78 is 0. The Kier molecular flexibility index (Phi) is 25.6. The summed E-state index contributed by atoms with van der Waals surface area (Å²) >= 11 is 0. The Balaban J connectivity index is 0.00000118. The number of nitrogens with zero attached hydrogens (tertiary/aromatic N) is 6. The number of carbonyl (C=O) groups is 9. The van der Waals surface area contributed by atoms with Gasteiger partial charge in [0.05, 0.1) is 18.8 Å². The van der Waals surface area contributed by atoms with Gasteiger partial charge in [0.25, 0.3) is 0 Å². The number of rotatable bonds is 29.